The Morgan fingerprint density at radius 3 is 2.50 bits per heavy atom. The Bertz CT molecular complexity index is 863. The monoisotopic (exact) mass is 354 g/mol. The van der Waals surface area contributed by atoms with Crippen molar-refractivity contribution in [1.82, 2.24) is 0 Å². The van der Waals surface area contributed by atoms with E-state index in [-0.39, 0.29) is 21.0 Å². The summed E-state index contributed by atoms with van der Waals surface area (Å²) in [6.45, 7) is 0. The molecule has 2 rings (SSSR count). The Labute approximate surface area is 137 Å². The first-order valence-electron chi connectivity index (χ1n) is 6.29. The van der Waals surface area contributed by atoms with Gasteiger partial charge in [-0.2, -0.15) is 13.2 Å². The number of nitrogens with one attached hydrogen (secondary N) is 1. The number of urea groups is 1. The van der Waals surface area contributed by atoms with Crippen molar-refractivity contribution in [3.8, 4) is 11.8 Å². The quantitative estimate of drug-likeness (QED) is 0.722. The standard InChI is InChI=1S/C15H9F3N2O3S/c16-15(17,18)9-3-1-2-8(6-9)4-5-10-7-11(13(21)22)12(24-10)20-14(19)23/h1-3,6-7H,(H,21,22)(H3,19,20,23). The Kier molecular flexibility index (Phi) is 4.80. The van der Waals surface area contributed by atoms with Crippen LogP contribution in [0.25, 0.3) is 0 Å². The number of hydrogen-bond donors (Lipinski definition) is 3. The van der Waals surface area contributed by atoms with Gasteiger partial charge in [0.15, 0.2) is 0 Å². The molecule has 1 heterocycles. The van der Waals surface area contributed by atoms with Crippen molar-refractivity contribution in [2.75, 3.05) is 5.32 Å². The van der Waals surface area contributed by atoms with Crippen LogP contribution >= 0.6 is 11.3 Å². The molecule has 0 saturated heterocycles. The summed E-state index contributed by atoms with van der Waals surface area (Å²) < 4.78 is 37.9. The molecule has 0 fully saturated rings. The summed E-state index contributed by atoms with van der Waals surface area (Å²) in [5, 5.41) is 11.2. The number of carbonyl (C=O) groups is 2. The third-order valence-electron chi connectivity index (χ3n) is 2.72. The Morgan fingerprint density at radius 1 is 1.21 bits per heavy atom. The van der Waals surface area contributed by atoms with Crippen LogP contribution in [-0.4, -0.2) is 17.1 Å². The van der Waals surface area contributed by atoms with Gasteiger partial charge in [0.1, 0.15) is 5.00 Å². The number of thiophene rings is 1. The second-order valence-corrected chi connectivity index (χ2v) is 5.53. The Morgan fingerprint density at radius 2 is 1.92 bits per heavy atom. The number of carboxylic acids is 1. The van der Waals surface area contributed by atoms with Gasteiger partial charge in [-0.3, -0.25) is 5.32 Å². The molecule has 2 aromatic rings. The molecule has 0 unspecified atom stereocenters. The van der Waals surface area contributed by atoms with Crippen molar-refractivity contribution in [2.24, 2.45) is 5.73 Å². The number of alkyl halides is 3. The summed E-state index contributed by atoms with van der Waals surface area (Å²) in [7, 11) is 0. The molecule has 2 amide bonds. The van der Waals surface area contributed by atoms with E-state index in [1.165, 1.54) is 18.2 Å². The van der Waals surface area contributed by atoms with E-state index in [2.05, 4.69) is 17.2 Å². The number of benzene rings is 1. The molecule has 9 heteroatoms. The van der Waals surface area contributed by atoms with E-state index in [4.69, 9.17) is 10.8 Å². The second kappa shape index (κ2) is 6.64. The minimum atomic E-state index is -4.48. The third kappa shape index (κ3) is 4.27. The maximum absolute atomic E-state index is 12.6. The summed E-state index contributed by atoms with van der Waals surface area (Å²) in [5.41, 5.74) is 4.04. The molecule has 4 N–H and O–H groups in total. The lowest BCUT2D eigenvalue weighted by atomic mass is 10.1. The highest BCUT2D eigenvalue weighted by atomic mass is 32.1. The van der Waals surface area contributed by atoms with Gasteiger partial charge in [0, 0.05) is 5.56 Å². The molecule has 0 aliphatic heterocycles. The van der Waals surface area contributed by atoms with E-state index in [0.717, 1.165) is 23.5 Å². The van der Waals surface area contributed by atoms with Crippen molar-refractivity contribution in [2.45, 2.75) is 6.18 Å². The van der Waals surface area contributed by atoms with Gasteiger partial charge in [0.2, 0.25) is 0 Å². The molecular formula is C15H9F3N2O3S. The fraction of sp³-hybridized carbons (Fsp3) is 0.0667. The van der Waals surface area contributed by atoms with Gasteiger partial charge in [-0.25, -0.2) is 9.59 Å². The molecule has 124 valence electrons. The van der Waals surface area contributed by atoms with Crippen molar-refractivity contribution in [3.63, 3.8) is 0 Å². The molecule has 0 aliphatic carbocycles. The summed E-state index contributed by atoms with van der Waals surface area (Å²) in [4.78, 5) is 22.2. The highest BCUT2D eigenvalue weighted by Crippen LogP contribution is 2.30. The lowest BCUT2D eigenvalue weighted by molar-refractivity contribution is -0.137. The number of anilines is 1. The molecule has 1 aromatic heterocycles. The van der Waals surface area contributed by atoms with Crippen molar-refractivity contribution in [1.29, 1.82) is 0 Å². The normalized spacial score (nSPS) is 10.6. The highest BCUT2D eigenvalue weighted by molar-refractivity contribution is 7.17. The maximum atomic E-state index is 12.6. The predicted octanol–water partition coefficient (Wildman–Crippen LogP) is 3.36. The summed E-state index contributed by atoms with van der Waals surface area (Å²) in [5.74, 6) is 3.81. The molecule has 24 heavy (non-hydrogen) atoms. The Balaban J connectivity index is 2.34. The van der Waals surface area contributed by atoms with Crippen LogP contribution in [0.3, 0.4) is 0 Å². The number of aromatic carboxylic acids is 1. The van der Waals surface area contributed by atoms with Gasteiger partial charge >= 0.3 is 18.2 Å². The minimum Gasteiger partial charge on any atom is -0.478 e. The first-order valence-corrected chi connectivity index (χ1v) is 7.11. The van der Waals surface area contributed by atoms with E-state index in [1.807, 2.05) is 0 Å². The number of nitrogens with two attached hydrogens (primary N) is 1. The maximum Gasteiger partial charge on any atom is 0.416 e. The number of carboxylic acid groups (broad SMARTS) is 1. The van der Waals surface area contributed by atoms with Crippen LogP contribution in [0.15, 0.2) is 30.3 Å². The van der Waals surface area contributed by atoms with E-state index in [0.29, 0.717) is 0 Å². The lowest BCUT2D eigenvalue weighted by Gasteiger charge is -2.05. The van der Waals surface area contributed by atoms with Gasteiger partial charge in [0.25, 0.3) is 0 Å². The molecule has 0 atom stereocenters. The zero-order valence-corrected chi connectivity index (χ0v) is 12.6. The van der Waals surface area contributed by atoms with Gasteiger partial charge < -0.3 is 10.8 Å². The number of halogens is 3. The van der Waals surface area contributed by atoms with Gasteiger partial charge in [0.05, 0.1) is 16.0 Å². The van der Waals surface area contributed by atoms with E-state index < -0.39 is 23.7 Å². The minimum absolute atomic E-state index is 0.00309. The number of carbonyl (C=O) groups excluding carboxylic acids is 1. The number of primary amides is 1. The fourth-order valence-electron chi connectivity index (χ4n) is 1.72. The fourth-order valence-corrected chi connectivity index (χ4v) is 2.63. The predicted molar refractivity (Wildman–Crippen MR) is 81.9 cm³/mol. The molecular weight excluding hydrogens is 345 g/mol. The molecule has 0 saturated carbocycles. The van der Waals surface area contributed by atoms with Crippen LogP contribution in [0.1, 0.15) is 26.4 Å². The van der Waals surface area contributed by atoms with Gasteiger partial charge in [-0.15, -0.1) is 11.3 Å². The first-order chi connectivity index (χ1) is 11.2. The summed E-state index contributed by atoms with van der Waals surface area (Å²) in [6.07, 6.45) is -4.48. The van der Waals surface area contributed by atoms with E-state index in [1.54, 1.807) is 0 Å². The molecule has 1 aromatic carbocycles. The van der Waals surface area contributed by atoms with E-state index in [9.17, 15) is 22.8 Å². The molecule has 5 nitrogen and oxygen atoms in total. The van der Waals surface area contributed by atoms with Gasteiger partial charge in [-0.05, 0) is 24.3 Å². The van der Waals surface area contributed by atoms with Gasteiger partial charge in [-0.1, -0.05) is 17.9 Å². The van der Waals surface area contributed by atoms with Crippen LogP contribution in [-0.2, 0) is 6.18 Å². The first kappa shape index (κ1) is 17.4. The highest BCUT2D eigenvalue weighted by Gasteiger charge is 2.30. The molecule has 0 radical (unpaired) electrons. The smallest absolute Gasteiger partial charge is 0.416 e. The van der Waals surface area contributed by atoms with Crippen LogP contribution in [0, 0.1) is 11.8 Å². The average molecular weight is 354 g/mol. The lowest BCUT2D eigenvalue weighted by Crippen LogP contribution is -2.19. The van der Waals surface area contributed by atoms with Crippen LogP contribution < -0.4 is 11.1 Å². The van der Waals surface area contributed by atoms with Crippen molar-refractivity contribution >= 4 is 28.3 Å². The van der Waals surface area contributed by atoms with Crippen LogP contribution in [0.2, 0.25) is 0 Å². The zero-order chi connectivity index (χ0) is 17.9. The second-order valence-electron chi connectivity index (χ2n) is 4.48. The molecule has 0 aliphatic rings. The number of amides is 2. The SMILES string of the molecule is NC(=O)Nc1sc(C#Cc2cccc(C(F)(F)F)c2)cc1C(=O)O. The van der Waals surface area contributed by atoms with E-state index >= 15 is 0 Å². The van der Waals surface area contributed by atoms with Crippen molar-refractivity contribution in [3.05, 3.63) is 51.9 Å². The Hall–Kier alpha value is -2.99. The third-order valence-corrected chi connectivity index (χ3v) is 3.69. The summed E-state index contributed by atoms with van der Waals surface area (Å²) >= 11 is 0.857. The van der Waals surface area contributed by atoms with Crippen LogP contribution in [0.4, 0.5) is 23.0 Å². The average Bonchev–Trinajstić information content (AvgIpc) is 2.87. The molecule has 0 spiro atoms. The summed E-state index contributed by atoms with van der Waals surface area (Å²) in [6, 6.07) is 4.71. The van der Waals surface area contributed by atoms with Crippen molar-refractivity contribution < 1.29 is 27.9 Å². The number of rotatable bonds is 2. The molecule has 0 bridgehead atoms. The largest absolute Gasteiger partial charge is 0.478 e. The number of hydrogen-bond acceptors (Lipinski definition) is 3. The topological polar surface area (TPSA) is 92.4 Å². The van der Waals surface area contributed by atoms with Crippen LogP contribution in [0.5, 0.6) is 0 Å². The zero-order valence-electron chi connectivity index (χ0n) is 11.8.